The van der Waals surface area contributed by atoms with Crippen LogP contribution >= 0.6 is 11.3 Å². The van der Waals surface area contributed by atoms with Gasteiger partial charge in [0.05, 0.1) is 16.7 Å². The Balaban J connectivity index is 1.77. The highest BCUT2D eigenvalue weighted by Crippen LogP contribution is 2.25. The third-order valence-electron chi connectivity index (χ3n) is 3.25. The van der Waals surface area contributed by atoms with Crippen molar-refractivity contribution in [3.8, 4) is 12.0 Å². The van der Waals surface area contributed by atoms with Crippen molar-refractivity contribution in [2.75, 3.05) is 5.73 Å². The second-order valence-electron chi connectivity index (χ2n) is 4.79. The molecule has 4 aromatic rings. The first-order valence-corrected chi connectivity index (χ1v) is 7.63. The van der Waals surface area contributed by atoms with E-state index in [1.165, 1.54) is 11.3 Å². The van der Waals surface area contributed by atoms with Crippen LogP contribution in [0.1, 0.15) is 5.69 Å². The average Bonchev–Trinajstić information content (AvgIpc) is 3.23. The first kappa shape index (κ1) is 13.6. The van der Waals surface area contributed by atoms with Gasteiger partial charge in [0.2, 0.25) is 0 Å². The number of rotatable bonds is 4. The molecule has 3 heterocycles. The summed E-state index contributed by atoms with van der Waals surface area (Å²) >= 11 is 1.37. The van der Waals surface area contributed by atoms with Gasteiger partial charge in [-0.2, -0.15) is 4.98 Å². The molecule has 0 aliphatic rings. The zero-order chi connectivity index (χ0) is 15.8. The van der Waals surface area contributed by atoms with Crippen molar-refractivity contribution in [2.45, 2.75) is 6.61 Å². The van der Waals surface area contributed by atoms with Gasteiger partial charge in [0.1, 0.15) is 6.61 Å². The highest BCUT2D eigenvalue weighted by atomic mass is 32.1. The number of fused-ring (bicyclic) bond motifs is 1. The molecule has 0 aliphatic heterocycles. The van der Waals surface area contributed by atoms with Crippen LogP contribution in [-0.4, -0.2) is 34.7 Å². The summed E-state index contributed by atoms with van der Waals surface area (Å²) < 4.78 is 9.16. The molecule has 10 heteroatoms. The second kappa shape index (κ2) is 5.32. The normalized spacial score (nSPS) is 11.2. The number of hydrogen-bond acceptors (Lipinski definition) is 8. The van der Waals surface area contributed by atoms with Crippen LogP contribution < -0.4 is 10.5 Å². The van der Waals surface area contributed by atoms with E-state index < -0.39 is 0 Å². The summed E-state index contributed by atoms with van der Waals surface area (Å²) in [6, 6.07) is 8.08. The third kappa shape index (κ3) is 2.38. The maximum absolute atomic E-state index is 5.83. The van der Waals surface area contributed by atoms with Gasteiger partial charge in [0, 0.05) is 12.4 Å². The highest BCUT2D eigenvalue weighted by molar-refractivity contribution is 7.13. The average molecular weight is 328 g/mol. The molecule has 1 aromatic carbocycles. The Morgan fingerprint density at radius 3 is 2.87 bits per heavy atom. The summed E-state index contributed by atoms with van der Waals surface area (Å²) in [5.74, 6) is 0.520. The summed E-state index contributed by atoms with van der Waals surface area (Å²) in [5, 5.41) is 13.9. The number of hydrogen-bond donors (Lipinski definition) is 1. The van der Waals surface area contributed by atoms with Gasteiger partial charge in [0.15, 0.2) is 5.13 Å². The number of tetrazole rings is 1. The lowest BCUT2D eigenvalue weighted by molar-refractivity contribution is 0.273. The predicted octanol–water partition coefficient (Wildman–Crippen LogP) is 1.17. The van der Waals surface area contributed by atoms with Crippen LogP contribution in [-0.2, 0) is 13.7 Å². The fraction of sp³-hybridized carbons (Fsp3) is 0.154. The summed E-state index contributed by atoms with van der Waals surface area (Å²) in [6.45, 7) is 0.266. The molecule has 0 bridgehead atoms. The summed E-state index contributed by atoms with van der Waals surface area (Å²) in [4.78, 5) is 8.69. The molecule has 0 saturated carbocycles. The lowest BCUT2D eigenvalue weighted by Crippen LogP contribution is -2.08. The van der Waals surface area contributed by atoms with E-state index in [4.69, 9.17) is 10.5 Å². The van der Waals surface area contributed by atoms with Crippen LogP contribution in [0, 0.1) is 0 Å². The summed E-state index contributed by atoms with van der Waals surface area (Å²) in [7, 11) is 1.76. The van der Waals surface area contributed by atoms with Gasteiger partial charge in [-0.05, 0) is 22.6 Å². The molecule has 3 aromatic heterocycles. The van der Waals surface area contributed by atoms with Crippen LogP contribution in [0.15, 0.2) is 29.6 Å². The topological polar surface area (TPSA) is 110 Å². The Morgan fingerprint density at radius 1 is 1.26 bits per heavy atom. The van der Waals surface area contributed by atoms with Crippen LogP contribution in [0.25, 0.3) is 17.0 Å². The second-order valence-corrected chi connectivity index (χ2v) is 5.68. The van der Waals surface area contributed by atoms with Gasteiger partial charge in [-0.25, -0.2) is 14.2 Å². The fourth-order valence-electron chi connectivity index (χ4n) is 2.24. The van der Waals surface area contributed by atoms with E-state index in [0.29, 0.717) is 17.1 Å². The van der Waals surface area contributed by atoms with E-state index in [1.807, 2.05) is 29.6 Å². The molecule has 0 spiro atoms. The zero-order valence-electron chi connectivity index (χ0n) is 12.1. The van der Waals surface area contributed by atoms with E-state index in [-0.39, 0.29) is 6.61 Å². The van der Waals surface area contributed by atoms with Gasteiger partial charge in [0.25, 0.3) is 5.95 Å². The molecule has 23 heavy (non-hydrogen) atoms. The first-order valence-electron chi connectivity index (χ1n) is 6.75. The van der Waals surface area contributed by atoms with Crippen LogP contribution in [0.5, 0.6) is 6.01 Å². The first-order chi connectivity index (χ1) is 11.2. The van der Waals surface area contributed by atoms with E-state index in [9.17, 15) is 0 Å². The van der Waals surface area contributed by atoms with Gasteiger partial charge in [-0.1, -0.05) is 17.2 Å². The molecular formula is C13H12N8OS. The van der Waals surface area contributed by atoms with Crippen LogP contribution in [0.2, 0.25) is 0 Å². The van der Waals surface area contributed by atoms with Gasteiger partial charge in [-0.15, -0.1) is 11.3 Å². The summed E-state index contributed by atoms with van der Waals surface area (Å²) in [5.41, 5.74) is 8.04. The number of nitrogens with two attached hydrogens (primary N) is 1. The molecule has 0 atom stereocenters. The molecule has 0 radical (unpaired) electrons. The number of nitrogen functional groups attached to an aromatic ring is 1. The van der Waals surface area contributed by atoms with Crippen molar-refractivity contribution in [2.24, 2.45) is 7.05 Å². The number of aryl methyl sites for hydroxylation is 1. The van der Waals surface area contributed by atoms with Gasteiger partial charge in [-0.3, -0.25) is 0 Å². The van der Waals surface area contributed by atoms with Crippen LogP contribution in [0.3, 0.4) is 0 Å². The number of benzene rings is 1. The maximum atomic E-state index is 5.83. The molecule has 9 nitrogen and oxygen atoms in total. The SMILES string of the molecule is Cn1nnnc1-n1c(OCc2csc(N)n2)nc2ccccc21. The number of aromatic nitrogens is 7. The number of ether oxygens (including phenoxy) is 1. The van der Waals surface area contributed by atoms with E-state index in [2.05, 4.69) is 25.5 Å². The van der Waals surface area contributed by atoms with E-state index in [0.717, 1.165) is 16.7 Å². The van der Waals surface area contributed by atoms with E-state index in [1.54, 1.807) is 16.3 Å². The standard InChI is InChI=1S/C13H12N8OS/c1-20-12(17-18-19-20)21-10-5-3-2-4-9(10)16-13(21)22-6-8-7-23-11(14)15-8/h2-5,7H,6H2,1H3,(H2,14,15). The Kier molecular flexibility index (Phi) is 3.15. The van der Waals surface area contributed by atoms with Gasteiger partial charge < -0.3 is 10.5 Å². The summed E-state index contributed by atoms with van der Waals surface area (Å²) in [6.07, 6.45) is 0. The van der Waals surface area contributed by atoms with Crippen molar-refractivity contribution < 1.29 is 4.74 Å². The Morgan fingerprint density at radius 2 is 2.13 bits per heavy atom. The third-order valence-corrected chi connectivity index (χ3v) is 3.97. The molecular weight excluding hydrogens is 316 g/mol. The van der Waals surface area contributed by atoms with Crippen molar-refractivity contribution >= 4 is 27.5 Å². The molecule has 2 N–H and O–H groups in total. The quantitative estimate of drug-likeness (QED) is 0.598. The largest absolute Gasteiger partial charge is 0.458 e. The van der Waals surface area contributed by atoms with Crippen LogP contribution in [0.4, 0.5) is 5.13 Å². The van der Waals surface area contributed by atoms with Crippen molar-refractivity contribution in [3.05, 3.63) is 35.3 Å². The zero-order valence-corrected chi connectivity index (χ0v) is 12.9. The molecule has 4 rings (SSSR count). The molecule has 0 aliphatic carbocycles. The number of thiazole rings is 1. The molecule has 0 unspecified atom stereocenters. The van der Waals surface area contributed by atoms with E-state index >= 15 is 0 Å². The van der Waals surface area contributed by atoms with Crippen molar-refractivity contribution in [1.29, 1.82) is 0 Å². The van der Waals surface area contributed by atoms with Gasteiger partial charge >= 0.3 is 6.01 Å². The monoisotopic (exact) mass is 328 g/mol. The Hall–Kier alpha value is -3.01. The number of nitrogens with zero attached hydrogens (tertiary/aromatic N) is 7. The number of imidazole rings is 1. The Labute approximate surface area is 134 Å². The molecule has 116 valence electrons. The number of anilines is 1. The highest BCUT2D eigenvalue weighted by Gasteiger charge is 2.18. The minimum atomic E-state index is 0.266. The lowest BCUT2D eigenvalue weighted by Gasteiger charge is -2.07. The minimum Gasteiger partial charge on any atom is -0.458 e. The lowest BCUT2D eigenvalue weighted by atomic mass is 10.3. The maximum Gasteiger partial charge on any atom is 0.305 e. The minimum absolute atomic E-state index is 0.266. The number of para-hydroxylation sites is 2. The molecule has 0 amide bonds. The predicted molar refractivity (Wildman–Crippen MR) is 84.3 cm³/mol. The molecule has 0 fully saturated rings. The smallest absolute Gasteiger partial charge is 0.305 e. The fourth-order valence-corrected chi connectivity index (χ4v) is 2.78. The van der Waals surface area contributed by atoms with Crippen molar-refractivity contribution in [3.63, 3.8) is 0 Å². The van der Waals surface area contributed by atoms with Crippen molar-refractivity contribution in [1.82, 2.24) is 34.7 Å². The Bertz CT molecular complexity index is 971. The molecule has 0 saturated heterocycles.